The number of nitrogen functional groups attached to an aromatic ring is 2. The summed E-state index contributed by atoms with van der Waals surface area (Å²) in [6.45, 7) is 1.37. The van der Waals surface area contributed by atoms with E-state index in [-0.39, 0.29) is 0 Å². The summed E-state index contributed by atoms with van der Waals surface area (Å²) in [5, 5.41) is 1.75. The summed E-state index contributed by atoms with van der Waals surface area (Å²) >= 11 is 3.20. The number of hydrogen-bond donors (Lipinski definition) is 2. The van der Waals surface area contributed by atoms with Crippen LogP contribution >= 0.6 is 22.7 Å². The van der Waals surface area contributed by atoms with Gasteiger partial charge in [0.1, 0.15) is 39.7 Å². The average Bonchev–Trinajstić information content (AvgIpc) is 4.08. The van der Waals surface area contributed by atoms with Crippen LogP contribution in [0.15, 0.2) is 153 Å². The molecule has 11 nitrogen and oxygen atoms in total. The Bertz CT molecular complexity index is 2980. The quantitative estimate of drug-likeness (QED) is 0.146. The lowest BCUT2D eigenvalue weighted by atomic mass is 10.1. The van der Waals surface area contributed by atoms with E-state index in [0.29, 0.717) is 18.2 Å². The number of benzene rings is 4. The highest BCUT2D eigenvalue weighted by Gasteiger charge is 2.21. The first-order chi connectivity index (χ1) is 28.5. The van der Waals surface area contributed by atoms with E-state index in [1.54, 1.807) is 29.8 Å². The number of imidazole rings is 2. The summed E-state index contributed by atoms with van der Waals surface area (Å²) < 4.78 is 9.89. The lowest BCUT2D eigenvalue weighted by molar-refractivity contribution is 0.408. The van der Waals surface area contributed by atoms with Gasteiger partial charge in [0.25, 0.3) is 0 Å². The topological polar surface area (TPSA) is 148 Å². The van der Waals surface area contributed by atoms with Crippen LogP contribution in [0, 0.1) is 0 Å². The number of nitrogens with two attached hydrogens (primary N) is 2. The van der Waals surface area contributed by atoms with Gasteiger partial charge in [0.05, 0.1) is 69.6 Å². The first-order valence-corrected chi connectivity index (χ1v) is 20.0. The first-order valence-electron chi connectivity index (χ1n) is 18.4. The Kier molecular flexibility index (Phi) is 10.1. The zero-order valence-electron chi connectivity index (χ0n) is 31.3. The normalized spacial score (nSPS) is 11.1. The highest BCUT2D eigenvalue weighted by molar-refractivity contribution is 7.22. The van der Waals surface area contributed by atoms with Gasteiger partial charge in [-0.3, -0.25) is 0 Å². The second-order valence-corrected chi connectivity index (χ2v) is 15.4. The van der Waals surface area contributed by atoms with Crippen molar-refractivity contribution in [2.75, 3.05) is 18.6 Å². The molecule has 58 heavy (non-hydrogen) atoms. The molecule has 0 spiro atoms. The van der Waals surface area contributed by atoms with E-state index >= 15 is 0 Å². The Morgan fingerprint density at radius 1 is 0.534 bits per heavy atom. The van der Waals surface area contributed by atoms with E-state index < -0.39 is 0 Å². The molecule has 0 atom stereocenters. The molecular weight excluding hydrogens is 761 g/mol. The third kappa shape index (κ3) is 7.27. The van der Waals surface area contributed by atoms with Gasteiger partial charge in [-0.2, -0.15) is 0 Å². The minimum Gasteiger partial charge on any atom is -0.496 e. The van der Waals surface area contributed by atoms with Crippen LogP contribution in [0.5, 0.6) is 5.75 Å². The van der Waals surface area contributed by atoms with Crippen LogP contribution in [0.3, 0.4) is 0 Å². The molecule has 0 aliphatic carbocycles. The molecular formula is C45H36N10OS2. The summed E-state index contributed by atoms with van der Waals surface area (Å²) in [5.41, 5.74) is 20.6. The Balaban J connectivity index is 0.000000151. The SMILES string of the molecule is COc1ccccc1Cn1cnc(-c2ccccc2)c1-c1cc2c(N)ncnc2s1.Nc1ncnc2sc(-c3c(-c4ccccc4)ncn3Cc3ccccc3)cc12. The van der Waals surface area contributed by atoms with Crippen molar-refractivity contribution in [1.82, 2.24) is 39.0 Å². The number of thiophene rings is 2. The lowest BCUT2D eigenvalue weighted by Crippen LogP contribution is -2.02. The van der Waals surface area contributed by atoms with Crippen molar-refractivity contribution in [1.29, 1.82) is 0 Å². The van der Waals surface area contributed by atoms with E-state index in [9.17, 15) is 0 Å². The maximum absolute atomic E-state index is 6.09. The Labute approximate surface area is 342 Å². The van der Waals surface area contributed by atoms with E-state index in [2.05, 4.69) is 95.8 Å². The van der Waals surface area contributed by atoms with Gasteiger partial charge < -0.3 is 25.3 Å². The molecule has 0 saturated carbocycles. The van der Waals surface area contributed by atoms with Crippen molar-refractivity contribution < 1.29 is 4.74 Å². The number of aromatic nitrogens is 8. The van der Waals surface area contributed by atoms with E-state index in [1.165, 1.54) is 18.2 Å². The number of hydrogen-bond acceptors (Lipinski definition) is 11. The molecule has 4 aromatic carbocycles. The number of nitrogens with zero attached hydrogens (tertiary/aromatic N) is 8. The van der Waals surface area contributed by atoms with Crippen LogP contribution in [0.25, 0.3) is 64.1 Å². The Morgan fingerprint density at radius 3 is 1.50 bits per heavy atom. The molecule has 10 aromatic rings. The van der Waals surface area contributed by atoms with E-state index in [4.69, 9.17) is 26.2 Å². The molecule has 0 aliphatic heterocycles. The predicted molar refractivity (Wildman–Crippen MR) is 235 cm³/mol. The molecule has 0 aliphatic rings. The predicted octanol–water partition coefficient (Wildman–Crippen LogP) is 9.71. The standard InChI is InChI=1S/C23H19N5OS.C22H17N5S/c1-29-18-10-6-5-9-16(18)12-28-14-27-20(15-7-3-2-4-8-15)21(28)19-11-17-22(24)25-13-26-23(17)30-19;23-21-17-11-18(28-22(17)25-13-24-21)20-19(16-9-5-2-6-10-16)26-14-27(20)12-15-7-3-1-4-8-15/h2-11,13-14H,12H2,1H3,(H2,24,25,26);1-11,13-14H,12H2,(H2,23,24,25). The van der Waals surface area contributed by atoms with Crippen molar-refractivity contribution in [2.45, 2.75) is 13.1 Å². The molecule has 13 heteroatoms. The van der Waals surface area contributed by atoms with E-state index in [1.807, 2.05) is 73.3 Å². The van der Waals surface area contributed by atoms with Gasteiger partial charge in [0, 0.05) is 23.2 Å². The maximum Gasteiger partial charge on any atom is 0.135 e. The Morgan fingerprint density at radius 2 is 1.00 bits per heavy atom. The largest absolute Gasteiger partial charge is 0.496 e. The zero-order chi connectivity index (χ0) is 39.4. The van der Waals surface area contributed by atoms with Crippen molar-refractivity contribution in [3.05, 3.63) is 164 Å². The fourth-order valence-corrected chi connectivity index (χ4v) is 9.05. The van der Waals surface area contributed by atoms with Crippen LogP contribution in [-0.4, -0.2) is 46.1 Å². The second-order valence-electron chi connectivity index (χ2n) is 13.3. The number of para-hydroxylation sites is 1. The van der Waals surface area contributed by atoms with Crippen LogP contribution in [-0.2, 0) is 13.1 Å². The monoisotopic (exact) mass is 796 g/mol. The molecule has 0 unspecified atom stereocenters. The van der Waals surface area contributed by atoms with Crippen LogP contribution in [0.1, 0.15) is 11.1 Å². The number of anilines is 2. The van der Waals surface area contributed by atoms with Gasteiger partial charge >= 0.3 is 0 Å². The molecule has 0 radical (unpaired) electrons. The zero-order valence-corrected chi connectivity index (χ0v) is 32.9. The molecule has 284 valence electrons. The van der Waals surface area contributed by atoms with Gasteiger partial charge in [-0.15, -0.1) is 22.7 Å². The van der Waals surface area contributed by atoms with Crippen molar-refractivity contribution >= 4 is 54.7 Å². The maximum atomic E-state index is 6.09. The fourth-order valence-electron chi connectivity index (χ4n) is 6.91. The third-order valence-corrected chi connectivity index (χ3v) is 11.8. The van der Waals surface area contributed by atoms with Crippen LogP contribution in [0.2, 0.25) is 0 Å². The fraction of sp³-hybridized carbons (Fsp3) is 0.0667. The summed E-state index contributed by atoms with van der Waals surface area (Å²) in [5.74, 6) is 1.84. The molecule has 6 heterocycles. The summed E-state index contributed by atoms with van der Waals surface area (Å²) in [6, 6.07) is 43.0. The highest BCUT2D eigenvalue weighted by Crippen LogP contribution is 2.41. The highest BCUT2D eigenvalue weighted by atomic mass is 32.1. The van der Waals surface area contributed by atoms with E-state index in [0.717, 1.165) is 81.9 Å². The molecule has 0 fully saturated rings. The smallest absolute Gasteiger partial charge is 0.135 e. The molecule has 0 amide bonds. The number of fused-ring (bicyclic) bond motifs is 2. The van der Waals surface area contributed by atoms with Gasteiger partial charge in [-0.05, 0) is 23.8 Å². The minimum absolute atomic E-state index is 0.486. The van der Waals surface area contributed by atoms with Crippen molar-refractivity contribution in [3.63, 3.8) is 0 Å². The second kappa shape index (κ2) is 16.1. The van der Waals surface area contributed by atoms with Gasteiger partial charge in [0.15, 0.2) is 0 Å². The van der Waals surface area contributed by atoms with Gasteiger partial charge in [0.2, 0.25) is 0 Å². The lowest BCUT2D eigenvalue weighted by Gasteiger charge is -2.12. The van der Waals surface area contributed by atoms with Gasteiger partial charge in [-0.25, -0.2) is 29.9 Å². The first kappa shape index (κ1) is 36.4. The van der Waals surface area contributed by atoms with Crippen molar-refractivity contribution in [3.8, 4) is 49.4 Å². The average molecular weight is 797 g/mol. The van der Waals surface area contributed by atoms with Crippen molar-refractivity contribution in [2.24, 2.45) is 0 Å². The van der Waals surface area contributed by atoms with Crippen LogP contribution in [0.4, 0.5) is 11.6 Å². The number of ether oxygens (including phenoxy) is 1. The molecule has 4 N–H and O–H groups in total. The third-order valence-electron chi connectivity index (χ3n) is 9.69. The van der Waals surface area contributed by atoms with Crippen LogP contribution < -0.4 is 16.2 Å². The minimum atomic E-state index is 0.486. The summed E-state index contributed by atoms with van der Waals surface area (Å²) in [7, 11) is 1.69. The Hall–Kier alpha value is -7.22. The molecule has 10 rings (SSSR count). The number of rotatable bonds is 9. The molecule has 0 bridgehead atoms. The molecule has 0 saturated heterocycles. The summed E-state index contributed by atoms with van der Waals surface area (Å²) in [4.78, 5) is 30.4. The van der Waals surface area contributed by atoms with Gasteiger partial charge in [-0.1, -0.05) is 109 Å². The molecule has 6 aromatic heterocycles. The number of methoxy groups -OCH3 is 1. The summed E-state index contributed by atoms with van der Waals surface area (Å²) in [6.07, 6.45) is 6.80.